The number of hydrogen-bond acceptors (Lipinski definition) is 1. The van der Waals surface area contributed by atoms with Crippen molar-refractivity contribution < 1.29 is 4.74 Å². The SMILES string of the molecule is C=Cc1cc(C(C)(C)CC(C)(C)CC(C)(C)CC(C)(C)CC(C)(C)CC(C)(C)CC(C)(C)CC(C)(C)CC(C)(C)CC(C)(C)CC(C)(C)CC(C)(C)CC(C)(C)CC(C)(C)CC(C)(C)CC(C)(C)CC(C)(C)CC(C)(C)C)ccc1OC(C)C. The summed E-state index contributed by atoms with van der Waals surface area (Å²) in [5.74, 6) is 0.928. The summed E-state index contributed by atoms with van der Waals surface area (Å²) in [6, 6.07) is 6.76. The van der Waals surface area contributed by atoms with Gasteiger partial charge in [0.2, 0.25) is 0 Å². The molecule has 0 saturated carbocycles. The van der Waals surface area contributed by atoms with Crippen LogP contribution in [0.3, 0.4) is 0 Å². The van der Waals surface area contributed by atoms with E-state index in [0.29, 0.717) is 21.7 Å². The van der Waals surface area contributed by atoms with Gasteiger partial charge in [-0.15, -0.1) is 0 Å². The molecule has 0 unspecified atom stereocenters. The largest absolute Gasteiger partial charge is 0.490 e. The zero-order valence-electron chi connectivity index (χ0n) is 65.5. The van der Waals surface area contributed by atoms with Crippen LogP contribution in [-0.2, 0) is 5.41 Å². The summed E-state index contributed by atoms with van der Waals surface area (Å²) in [6.45, 7) is 103. The monoisotopic (exact) mass is 1170 g/mol. The third-order valence-electron chi connectivity index (χ3n) is 18.7. The van der Waals surface area contributed by atoms with Gasteiger partial charge in [0.25, 0.3) is 0 Å². The lowest BCUT2D eigenvalue weighted by molar-refractivity contribution is 0.0283. The summed E-state index contributed by atoms with van der Waals surface area (Å²) in [4.78, 5) is 0. The summed E-state index contributed by atoms with van der Waals surface area (Å²) < 4.78 is 6.13. The standard InChI is InChI=1S/C83H158O/c1-41-63-44-64(42-43-65(63)84-62(2)3)83(39,40)61-82(37,38)60-81(35,36)59-80(33,34)58-79(31,32)57-78(29,30)56-77(27,28)55-76(25,26)54-75(23,24)53-74(21,22)52-73(19,20)51-72(17,18)50-71(15,16)49-70(13,14)48-69(11,12)47-68(9,10)46-67(7,8)45-66(4,5)6/h41-44,62H,1,45-61H2,2-40H3. The second-order valence-electron chi connectivity index (χ2n) is 45.2. The second-order valence-corrected chi connectivity index (χ2v) is 45.2. The quantitative estimate of drug-likeness (QED) is 0.0645. The Morgan fingerprint density at radius 2 is 0.464 bits per heavy atom. The fraction of sp³-hybridized carbons (Fsp3) is 0.904. The van der Waals surface area contributed by atoms with Crippen LogP contribution < -0.4 is 4.74 Å². The van der Waals surface area contributed by atoms with Crippen LogP contribution >= 0.6 is 0 Å². The molecule has 1 rings (SSSR count). The minimum Gasteiger partial charge on any atom is -0.490 e. The van der Waals surface area contributed by atoms with E-state index in [0.717, 1.165) is 17.7 Å². The lowest BCUT2D eigenvalue weighted by Crippen LogP contribution is -2.37. The molecule has 1 aromatic rings. The molecule has 1 heteroatoms. The number of hydrogen-bond donors (Lipinski definition) is 0. The first-order chi connectivity index (χ1) is 36.4. The molecule has 0 fully saturated rings. The third kappa shape index (κ3) is 32.5. The zero-order chi connectivity index (χ0) is 66.9. The van der Waals surface area contributed by atoms with E-state index < -0.39 is 0 Å². The lowest BCUT2D eigenvalue weighted by atomic mass is 9.57. The summed E-state index contributed by atoms with van der Waals surface area (Å²) in [6.07, 6.45) is 23.3. The van der Waals surface area contributed by atoms with Crippen molar-refractivity contribution in [3.05, 3.63) is 35.9 Å². The highest BCUT2D eigenvalue weighted by Crippen LogP contribution is 2.58. The first-order valence-corrected chi connectivity index (χ1v) is 34.8. The molecule has 0 N–H and O–H groups in total. The molecule has 0 aliphatic heterocycles. The van der Waals surface area contributed by atoms with Crippen molar-refractivity contribution in [3.63, 3.8) is 0 Å². The van der Waals surface area contributed by atoms with Crippen molar-refractivity contribution in [2.45, 2.75) is 391 Å². The summed E-state index contributed by atoms with van der Waals surface area (Å²) in [5, 5.41) is 0. The Balaban J connectivity index is 3.02. The second kappa shape index (κ2) is 26.9. The molecule has 0 spiro atoms. The molecule has 0 radical (unpaired) electrons. The fourth-order valence-corrected chi connectivity index (χ4v) is 24.7. The minimum atomic E-state index is 0.0269. The van der Waals surface area contributed by atoms with E-state index in [2.05, 4.69) is 295 Å². The molecular weight excluding hydrogens is 1010 g/mol. The van der Waals surface area contributed by atoms with Crippen LogP contribution in [0.1, 0.15) is 390 Å². The van der Waals surface area contributed by atoms with E-state index in [1.807, 2.05) is 6.08 Å². The first kappa shape index (κ1) is 80.8. The van der Waals surface area contributed by atoms with E-state index >= 15 is 0 Å². The maximum absolute atomic E-state index is 6.13. The Morgan fingerprint density at radius 3 is 0.631 bits per heavy atom. The smallest absolute Gasteiger partial charge is 0.126 e. The maximum Gasteiger partial charge on any atom is 0.126 e. The average molecular weight is 1170 g/mol. The van der Waals surface area contributed by atoms with Crippen LogP contribution in [0.15, 0.2) is 24.8 Å². The Bertz CT molecular complexity index is 2190. The van der Waals surface area contributed by atoms with Crippen molar-refractivity contribution >= 4 is 6.08 Å². The molecule has 0 aromatic heterocycles. The van der Waals surface area contributed by atoms with E-state index in [9.17, 15) is 0 Å². The highest BCUT2D eigenvalue weighted by atomic mass is 16.5. The van der Waals surface area contributed by atoms with Gasteiger partial charge < -0.3 is 4.74 Å². The van der Waals surface area contributed by atoms with Crippen LogP contribution in [0, 0.1) is 92.1 Å². The van der Waals surface area contributed by atoms with Gasteiger partial charge in [-0.05, 0) is 238 Å². The topological polar surface area (TPSA) is 9.23 Å². The normalized spacial score (nSPS) is 15.6. The lowest BCUT2D eigenvalue weighted by Gasteiger charge is -2.48. The highest BCUT2D eigenvalue weighted by molar-refractivity contribution is 5.57. The van der Waals surface area contributed by atoms with E-state index in [1.165, 1.54) is 108 Å². The Hall–Kier alpha value is -1.24. The van der Waals surface area contributed by atoms with Gasteiger partial charge in [-0.1, -0.05) is 275 Å². The third-order valence-corrected chi connectivity index (χ3v) is 18.7. The fourth-order valence-electron chi connectivity index (χ4n) is 24.7. The van der Waals surface area contributed by atoms with Crippen LogP contribution in [0.2, 0.25) is 0 Å². The predicted molar refractivity (Wildman–Crippen MR) is 384 cm³/mol. The summed E-state index contributed by atoms with van der Waals surface area (Å²) in [7, 11) is 0. The first-order valence-electron chi connectivity index (χ1n) is 34.8. The van der Waals surface area contributed by atoms with Gasteiger partial charge in [-0.3, -0.25) is 0 Å². The van der Waals surface area contributed by atoms with Crippen LogP contribution in [0.5, 0.6) is 5.75 Å². The molecule has 496 valence electrons. The van der Waals surface area contributed by atoms with Crippen molar-refractivity contribution in [2.24, 2.45) is 92.1 Å². The molecule has 0 saturated heterocycles. The summed E-state index contributed by atoms with van der Waals surface area (Å²) >= 11 is 0. The van der Waals surface area contributed by atoms with Crippen LogP contribution in [-0.4, -0.2) is 6.10 Å². The molecule has 0 aliphatic rings. The number of ether oxygens (including phenoxy) is 1. The van der Waals surface area contributed by atoms with E-state index in [-0.39, 0.29) is 81.9 Å². The average Bonchev–Trinajstić information content (AvgIpc) is 3.04. The molecule has 84 heavy (non-hydrogen) atoms. The zero-order valence-corrected chi connectivity index (χ0v) is 65.5. The van der Waals surface area contributed by atoms with Crippen molar-refractivity contribution in [1.29, 1.82) is 0 Å². The van der Waals surface area contributed by atoms with Gasteiger partial charge in [0.1, 0.15) is 5.75 Å². The number of rotatable bonds is 37. The van der Waals surface area contributed by atoms with E-state index in [1.54, 1.807) is 0 Å². The molecule has 0 atom stereocenters. The van der Waals surface area contributed by atoms with Crippen molar-refractivity contribution in [1.82, 2.24) is 0 Å². The molecule has 0 heterocycles. The highest BCUT2D eigenvalue weighted by Gasteiger charge is 2.46. The predicted octanol–water partition coefficient (Wildman–Crippen LogP) is 28.5. The van der Waals surface area contributed by atoms with Crippen LogP contribution in [0.25, 0.3) is 6.08 Å². The van der Waals surface area contributed by atoms with Crippen molar-refractivity contribution in [2.75, 3.05) is 0 Å². The summed E-state index contributed by atoms with van der Waals surface area (Å²) in [5.41, 5.74) is 6.98. The molecular formula is C83H158O. The molecule has 0 bridgehead atoms. The molecule has 1 aromatic carbocycles. The van der Waals surface area contributed by atoms with Gasteiger partial charge in [0.05, 0.1) is 6.10 Å². The Labute approximate surface area is 532 Å². The Morgan fingerprint density at radius 1 is 0.286 bits per heavy atom. The minimum absolute atomic E-state index is 0.0269. The Kier molecular flexibility index (Phi) is 25.9. The van der Waals surface area contributed by atoms with Gasteiger partial charge in [0, 0.05) is 5.56 Å². The number of benzene rings is 1. The van der Waals surface area contributed by atoms with Gasteiger partial charge >= 0.3 is 0 Å². The van der Waals surface area contributed by atoms with Gasteiger partial charge in [-0.2, -0.15) is 0 Å². The molecule has 1 nitrogen and oxygen atoms in total. The van der Waals surface area contributed by atoms with Crippen LogP contribution in [0.4, 0.5) is 0 Å². The molecule has 0 amide bonds. The van der Waals surface area contributed by atoms with Gasteiger partial charge in [0.15, 0.2) is 0 Å². The molecule has 0 aliphatic carbocycles. The maximum atomic E-state index is 6.13. The van der Waals surface area contributed by atoms with Crippen molar-refractivity contribution in [3.8, 4) is 5.75 Å². The van der Waals surface area contributed by atoms with E-state index in [4.69, 9.17) is 4.74 Å². The van der Waals surface area contributed by atoms with Gasteiger partial charge in [-0.25, -0.2) is 0 Å².